The predicted octanol–water partition coefficient (Wildman–Crippen LogP) is 4.69. The Kier molecular flexibility index (Phi) is 6.56. The molecule has 0 bridgehead atoms. The molecule has 1 aromatic rings. The van der Waals surface area contributed by atoms with Gasteiger partial charge in [0.05, 0.1) is 0 Å². The Morgan fingerprint density at radius 3 is 2.35 bits per heavy atom. The lowest BCUT2D eigenvalue weighted by molar-refractivity contribution is -0.0287. The maximum Gasteiger partial charge on any atom is 0.342 e. The fraction of sp³-hybridized carbons (Fsp3) is 0.588. The van der Waals surface area contributed by atoms with Gasteiger partial charge in [0.2, 0.25) is 0 Å². The summed E-state index contributed by atoms with van der Waals surface area (Å²) in [5.74, 6) is -0.449. The van der Waals surface area contributed by atoms with E-state index in [1.807, 2.05) is 13.8 Å². The van der Waals surface area contributed by atoms with Crippen molar-refractivity contribution in [1.29, 1.82) is 0 Å². The number of esters is 1. The van der Waals surface area contributed by atoms with Crippen LogP contribution in [0.3, 0.4) is 0 Å². The lowest BCUT2D eigenvalue weighted by Crippen LogP contribution is -2.34. The molecule has 0 atom stereocenters. The van der Waals surface area contributed by atoms with E-state index in [-0.39, 0.29) is 11.3 Å². The first-order valence-electron chi connectivity index (χ1n) is 7.60. The van der Waals surface area contributed by atoms with Crippen LogP contribution in [0.15, 0.2) is 24.3 Å². The second-order valence-corrected chi connectivity index (χ2v) is 5.25. The average Bonchev–Trinajstić information content (AvgIpc) is 2.46. The Bertz CT molecular complexity index is 422. The van der Waals surface area contributed by atoms with E-state index < -0.39 is 11.6 Å². The third kappa shape index (κ3) is 4.26. The summed E-state index contributed by atoms with van der Waals surface area (Å²) >= 11 is 0. The number of hydrogen-bond acceptors (Lipinski definition) is 3. The van der Waals surface area contributed by atoms with Crippen LogP contribution >= 0.6 is 0 Å². The predicted molar refractivity (Wildman–Crippen MR) is 81.0 cm³/mol. The van der Waals surface area contributed by atoms with Gasteiger partial charge in [-0.1, -0.05) is 45.7 Å². The highest BCUT2D eigenvalue weighted by atomic mass is 16.6. The lowest BCUT2D eigenvalue weighted by Gasteiger charge is -2.31. The van der Waals surface area contributed by atoms with E-state index in [4.69, 9.17) is 4.74 Å². The van der Waals surface area contributed by atoms with Crippen LogP contribution in [0, 0.1) is 0 Å². The van der Waals surface area contributed by atoms with E-state index in [2.05, 4.69) is 6.92 Å². The fourth-order valence-corrected chi connectivity index (χ4v) is 2.39. The molecule has 3 heteroatoms. The average molecular weight is 278 g/mol. The Labute approximate surface area is 122 Å². The van der Waals surface area contributed by atoms with Crippen LogP contribution in [-0.2, 0) is 4.74 Å². The molecule has 0 radical (unpaired) electrons. The summed E-state index contributed by atoms with van der Waals surface area (Å²) in [4.78, 5) is 12.2. The molecule has 0 heterocycles. The molecule has 0 saturated heterocycles. The van der Waals surface area contributed by atoms with Gasteiger partial charge in [0.1, 0.15) is 16.9 Å². The number of para-hydroxylation sites is 1. The van der Waals surface area contributed by atoms with E-state index in [1.165, 1.54) is 6.07 Å². The zero-order valence-corrected chi connectivity index (χ0v) is 12.8. The Hall–Kier alpha value is -1.51. The summed E-state index contributed by atoms with van der Waals surface area (Å²) < 4.78 is 5.75. The van der Waals surface area contributed by atoms with Gasteiger partial charge in [-0.05, 0) is 37.8 Å². The molecule has 0 aliphatic carbocycles. The first-order chi connectivity index (χ1) is 9.58. The highest BCUT2D eigenvalue weighted by Crippen LogP contribution is 2.30. The van der Waals surface area contributed by atoms with Gasteiger partial charge >= 0.3 is 5.97 Å². The van der Waals surface area contributed by atoms with Gasteiger partial charge < -0.3 is 9.84 Å². The topological polar surface area (TPSA) is 46.5 Å². The standard InChI is InChI=1S/C17H26O3/c1-4-7-10-13-17(5-2,6-3)20-16(19)14-11-8-9-12-15(14)18/h8-9,11-12,18H,4-7,10,13H2,1-3H3. The molecule has 3 nitrogen and oxygen atoms in total. The second-order valence-electron chi connectivity index (χ2n) is 5.25. The summed E-state index contributed by atoms with van der Waals surface area (Å²) in [5, 5.41) is 9.74. The molecular formula is C17H26O3. The first-order valence-corrected chi connectivity index (χ1v) is 7.60. The molecule has 20 heavy (non-hydrogen) atoms. The van der Waals surface area contributed by atoms with Crippen molar-refractivity contribution < 1.29 is 14.6 Å². The van der Waals surface area contributed by atoms with Crippen LogP contribution in [0.4, 0.5) is 0 Å². The van der Waals surface area contributed by atoms with Crippen LogP contribution in [0.5, 0.6) is 5.75 Å². The largest absolute Gasteiger partial charge is 0.507 e. The number of aromatic hydroxyl groups is 1. The highest BCUT2D eigenvalue weighted by molar-refractivity contribution is 5.92. The monoisotopic (exact) mass is 278 g/mol. The molecule has 0 aliphatic rings. The number of hydrogen-bond donors (Lipinski definition) is 1. The minimum Gasteiger partial charge on any atom is -0.507 e. The number of unbranched alkanes of at least 4 members (excludes halogenated alkanes) is 2. The normalized spacial score (nSPS) is 11.3. The molecule has 0 unspecified atom stereocenters. The maximum absolute atomic E-state index is 12.2. The molecule has 0 aromatic heterocycles. The number of rotatable bonds is 8. The van der Waals surface area contributed by atoms with Gasteiger partial charge in [-0.3, -0.25) is 0 Å². The van der Waals surface area contributed by atoms with Crippen molar-refractivity contribution in [3.05, 3.63) is 29.8 Å². The molecule has 112 valence electrons. The molecule has 1 aromatic carbocycles. The van der Waals surface area contributed by atoms with Gasteiger partial charge in [-0.15, -0.1) is 0 Å². The van der Waals surface area contributed by atoms with E-state index in [0.29, 0.717) is 0 Å². The molecule has 0 saturated carbocycles. The molecule has 0 aliphatic heterocycles. The van der Waals surface area contributed by atoms with Crippen molar-refractivity contribution in [2.24, 2.45) is 0 Å². The highest BCUT2D eigenvalue weighted by Gasteiger charge is 2.31. The lowest BCUT2D eigenvalue weighted by atomic mass is 9.90. The number of ether oxygens (including phenoxy) is 1. The van der Waals surface area contributed by atoms with E-state index in [0.717, 1.165) is 38.5 Å². The van der Waals surface area contributed by atoms with Crippen LogP contribution in [0.25, 0.3) is 0 Å². The third-order valence-corrected chi connectivity index (χ3v) is 3.96. The summed E-state index contributed by atoms with van der Waals surface area (Å²) in [6.07, 6.45) is 5.84. The second kappa shape index (κ2) is 7.93. The van der Waals surface area contributed by atoms with Gasteiger partial charge in [-0.2, -0.15) is 0 Å². The summed E-state index contributed by atoms with van der Waals surface area (Å²) in [7, 11) is 0. The quantitative estimate of drug-likeness (QED) is 0.554. The number of carbonyl (C=O) groups excluding carboxylic acids is 1. The Morgan fingerprint density at radius 1 is 1.15 bits per heavy atom. The molecule has 0 spiro atoms. The fourth-order valence-electron chi connectivity index (χ4n) is 2.39. The van der Waals surface area contributed by atoms with Crippen molar-refractivity contribution in [3.63, 3.8) is 0 Å². The van der Waals surface area contributed by atoms with Gasteiger partial charge in [-0.25, -0.2) is 4.79 Å². The van der Waals surface area contributed by atoms with Gasteiger partial charge in [0.25, 0.3) is 0 Å². The molecule has 0 amide bonds. The Morgan fingerprint density at radius 2 is 1.80 bits per heavy atom. The zero-order chi connectivity index (χ0) is 15.0. The third-order valence-electron chi connectivity index (χ3n) is 3.96. The summed E-state index contributed by atoms with van der Waals surface area (Å²) in [6.45, 7) is 6.26. The number of carbonyl (C=O) groups is 1. The molecule has 0 fully saturated rings. The molecular weight excluding hydrogens is 252 g/mol. The van der Waals surface area contributed by atoms with E-state index in [1.54, 1.807) is 18.2 Å². The zero-order valence-electron chi connectivity index (χ0n) is 12.8. The minimum atomic E-state index is -0.428. The van der Waals surface area contributed by atoms with Crippen molar-refractivity contribution in [2.75, 3.05) is 0 Å². The van der Waals surface area contributed by atoms with Gasteiger partial charge in [0.15, 0.2) is 0 Å². The van der Waals surface area contributed by atoms with Crippen molar-refractivity contribution in [2.45, 2.75) is 64.9 Å². The minimum absolute atomic E-state index is 0.0211. The smallest absolute Gasteiger partial charge is 0.342 e. The van der Waals surface area contributed by atoms with Crippen molar-refractivity contribution in [3.8, 4) is 5.75 Å². The van der Waals surface area contributed by atoms with Crippen LogP contribution in [-0.4, -0.2) is 16.7 Å². The van der Waals surface area contributed by atoms with Crippen LogP contribution in [0.1, 0.15) is 69.7 Å². The number of phenols is 1. The maximum atomic E-state index is 12.2. The first kappa shape index (κ1) is 16.5. The van der Waals surface area contributed by atoms with Crippen molar-refractivity contribution >= 4 is 5.97 Å². The van der Waals surface area contributed by atoms with E-state index >= 15 is 0 Å². The Balaban J connectivity index is 2.79. The SMILES string of the molecule is CCCCCC(CC)(CC)OC(=O)c1ccccc1O. The summed E-state index contributed by atoms with van der Waals surface area (Å²) in [5.41, 5.74) is -0.164. The van der Waals surface area contributed by atoms with Crippen LogP contribution in [0.2, 0.25) is 0 Å². The summed E-state index contributed by atoms with van der Waals surface area (Å²) in [6, 6.07) is 6.53. The van der Waals surface area contributed by atoms with Crippen molar-refractivity contribution in [1.82, 2.24) is 0 Å². The number of benzene rings is 1. The van der Waals surface area contributed by atoms with Crippen LogP contribution < -0.4 is 0 Å². The number of phenolic OH excluding ortho intramolecular Hbond substituents is 1. The van der Waals surface area contributed by atoms with Gasteiger partial charge in [0, 0.05) is 0 Å². The molecule has 1 N–H and O–H groups in total. The molecule has 1 rings (SSSR count). The van der Waals surface area contributed by atoms with E-state index in [9.17, 15) is 9.90 Å².